The Morgan fingerprint density at radius 3 is 0.694 bits per heavy atom. The minimum Gasteiger partial charge on any atom is -0.462 e. The van der Waals surface area contributed by atoms with Crippen LogP contribution in [0.5, 0.6) is 0 Å². The largest absolute Gasteiger partial charge is 0.472 e. The van der Waals surface area contributed by atoms with E-state index in [0.29, 0.717) is 25.7 Å². The van der Waals surface area contributed by atoms with Gasteiger partial charge in [-0.2, -0.15) is 0 Å². The Labute approximate surface area is 600 Å². The third-order valence-corrected chi connectivity index (χ3v) is 20.3. The van der Waals surface area contributed by atoms with Gasteiger partial charge in [0.25, 0.3) is 0 Å². The molecule has 582 valence electrons. The molecule has 0 aromatic heterocycles. The van der Waals surface area contributed by atoms with E-state index < -0.39 is 97.5 Å². The summed E-state index contributed by atoms with van der Waals surface area (Å²) in [5, 5.41) is 10.6. The number of unbranched alkanes of at least 4 members (excludes halogenated alkanes) is 45. The maximum absolute atomic E-state index is 13.1. The number of hydrogen-bond acceptors (Lipinski definition) is 15. The smallest absolute Gasteiger partial charge is 0.462 e. The summed E-state index contributed by atoms with van der Waals surface area (Å²) in [4.78, 5) is 72.9. The number of hydrogen-bond donors (Lipinski definition) is 3. The number of phosphoric acid groups is 2. The van der Waals surface area contributed by atoms with Gasteiger partial charge in [0.05, 0.1) is 26.4 Å². The lowest BCUT2D eigenvalue weighted by molar-refractivity contribution is -0.161. The zero-order valence-corrected chi connectivity index (χ0v) is 66.0. The Hall–Kier alpha value is -1.94. The van der Waals surface area contributed by atoms with Gasteiger partial charge < -0.3 is 33.8 Å². The van der Waals surface area contributed by atoms with E-state index in [0.717, 1.165) is 108 Å². The number of ether oxygens (including phenoxy) is 4. The molecule has 0 fully saturated rings. The molecular formula is C79H154O17P2. The monoisotopic (exact) mass is 1440 g/mol. The Kier molecular flexibility index (Phi) is 68.1. The Morgan fingerprint density at radius 2 is 0.469 bits per heavy atom. The fourth-order valence-electron chi connectivity index (χ4n) is 12.1. The Balaban J connectivity index is 5.23. The molecule has 3 N–H and O–H groups in total. The molecule has 2 unspecified atom stereocenters. The van der Waals surface area contributed by atoms with Crippen molar-refractivity contribution in [2.24, 2.45) is 17.8 Å². The van der Waals surface area contributed by atoms with Crippen molar-refractivity contribution in [1.82, 2.24) is 0 Å². The van der Waals surface area contributed by atoms with E-state index in [1.807, 2.05) is 0 Å². The van der Waals surface area contributed by atoms with E-state index in [-0.39, 0.29) is 25.7 Å². The van der Waals surface area contributed by atoms with Crippen molar-refractivity contribution in [3.05, 3.63) is 0 Å². The van der Waals surface area contributed by atoms with Crippen LogP contribution in [0, 0.1) is 17.8 Å². The quantitative estimate of drug-likeness (QED) is 0.0222. The van der Waals surface area contributed by atoms with Gasteiger partial charge in [0, 0.05) is 25.7 Å². The van der Waals surface area contributed by atoms with Crippen molar-refractivity contribution in [2.45, 2.75) is 426 Å². The summed E-state index contributed by atoms with van der Waals surface area (Å²) in [5.41, 5.74) is 0. The predicted molar refractivity (Wildman–Crippen MR) is 400 cm³/mol. The first-order valence-corrected chi connectivity index (χ1v) is 43.8. The highest BCUT2D eigenvalue weighted by atomic mass is 31.2. The van der Waals surface area contributed by atoms with Crippen LogP contribution < -0.4 is 0 Å². The van der Waals surface area contributed by atoms with Gasteiger partial charge in [0.1, 0.15) is 19.3 Å². The van der Waals surface area contributed by atoms with Crippen LogP contribution in [0.3, 0.4) is 0 Å². The molecular weight excluding hydrogens is 1280 g/mol. The van der Waals surface area contributed by atoms with Crippen LogP contribution in [-0.4, -0.2) is 96.7 Å². The van der Waals surface area contributed by atoms with Crippen LogP contribution in [0.15, 0.2) is 0 Å². The molecule has 0 amide bonds. The number of aliphatic hydroxyl groups excluding tert-OH is 1. The van der Waals surface area contributed by atoms with Crippen LogP contribution >= 0.6 is 15.6 Å². The molecule has 98 heavy (non-hydrogen) atoms. The molecule has 0 rings (SSSR count). The third-order valence-electron chi connectivity index (χ3n) is 18.4. The van der Waals surface area contributed by atoms with E-state index in [1.165, 1.54) is 218 Å². The van der Waals surface area contributed by atoms with Crippen LogP contribution in [0.1, 0.15) is 408 Å². The number of phosphoric ester groups is 2. The molecule has 0 bridgehead atoms. The second kappa shape index (κ2) is 69.4. The topological polar surface area (TPSA) is 237 Å². The molecule has 19 heteroatoms. The second-order valence-electron chi connectivity index (χ2n) is 29.9. The number of carbonyl (C=O) groups is 4. The van der Waals surface area contributed by atoms with Crippen molar-refractivity contribution < 1.29 is 80.2 Å². The molecule has 0 aromatic carbocycles. The summed E-state index contributed by atoms with van der Waals surface area (Å²) < 4.78 is 68.6. The molecule has 0 aliphatic heterocycles. The molecule has 17 nitrogen and oxygen atoms in total. The van der Waals surface area contributed by atoms with Crippen LogP contribution in [0.2, 0.25) is 0 Å². The van der Waals surface area contributed by atoms with E-state index >= 15 is 0 Å². The summed E-state index contributed by atoms with van der Waals surface area (Å²) in [7, 11) is -9.92. The molecule has 0 aliphatic rings. The van der Waals surface area contributed by atoms with Gasteiger partial charge in [-0.1, -0.05) is 357 Å². The first kappa shape index (κ1) is 96.1. The minimum atomic E-state index is -4.96. The van der Waals surface area contributed by atoms with Gasteiger partial charge in [0.2, 0.25) is 0 Å². The molecule has 0 saturated heterocycles. The fourth-order valence-corrected chi connectivity index (χ4v) is 13.7. The highest BCUT2D eigenvalue weighted by Crippen LogP contribution is 2.45. The highest BCUT2D eigenvalue weighted by Gasteiger charge is 2.30. The van der Waals surface area contributed by atoms with Crippen LogP contribution in [0.25, 0.3) is 0 Å². The molecule has 0 heterocycles. The summed E-state index contributed by atoms with van der Waals surface area (Å²) in [6.07, 6.45) is 56.8. The van der Waals surface area contributed by atoms with Crippen molar-refractivity contribution in [1.29, 1.82) is 0 Å². The second-order valence-corrected chi connectivity index (χ2v) is 32.8. The number of rotatable bonds is 77. The molecule has 0 radical (unpaired) electrons. The van der Waals surface area contributed by atoms with Gasteiger partial charge in [-0.15, -0.1) is 0 Å². The summed E-state index contributed by atoms with van der Waals surface area (Å²) in [5.74, 6) is 0.257. The SMILES string of the molecule is CCCCCCCCCCCC(=O)OC[C@H](COP(=O)(O)OC[C@H](O)COP(=O)(O)OC[C@@H](COC(=O)CCCCCCCCCCCCCCCC(C)C)OC(=O)CCCCCCCCCCCCCCCCCC(C)C)OC(=O)CCCCCCCCCCCCCCC(C)C. The van der Waals surface area contributed by atoms with E-state index in [9.17, 15) is 43.2 Å². The number of esters is 4. The summed E-state index contributed by atoms with van der Waals surface area (Å²) >= 11 is 0. The third kappa shape index (κ3) is 72.4. The predicted octanol–water partition coefficient (Wildman–Crippen LogP) is 23.4. The maximum Gasteiger partial charge on any atom is 0.472 e. The van der Waals surface area contributed by atoms with Crippen molar-refractivity contribution in [3.63, 3.8) is 0 Å². The number of carbonyl (C=O) groups excluding carboxylic acids is 4. The summed E-state index contributed by atoms with van der Waals surface area (Å²) in [6.45, 7) is 12.0. The summed E-state index contributed by atoms with van der Waals surface area (Å²) in [6, 6.07) is 0. The first-order valence-electron chi connectivity index (χ1n) is 40.8. The van der Waals surface area contributed by atoms with Crippen molar-refractivity contribution >= 4 is 39.5 Å². The van der Waals surface area contributed by atoms with Crippen molar-refractivity contribution in [3.8, 4) is 0 Å². The van der Waals surface area contributed by atoms with Gasteiger partial charge >= 0.3 is 39.5 Å². The Bertz CT molecular complexity index is 1900. The molecule has 0 spiro atoms. The maximum atomic E-state index is 13.1. The van der Waals surface area contributed by atoms with E-state index in [2.05, 4.69) is 48.5 Å². The number of aliphatic hydroxyl groups is 1. The van der Waals surface area contributed by atoms with E-state index in [1.54, 1.807) is 0 Å². The minimum absolute atomic E-state index is 0.107. The normalized spacial score (nSPS) is 14.0. The molecule has 0 aliphatic carbocycles. The zero-order chi connectivity index (χ0) is 72.3. The zero-order valence-electron chi connectivity index (χ0n) is 64.3. The highest BCUT2D eigenvalue weighted by molar-refractivity contribution is 7.47. The fraction of sp³-hybridized carbons (Fsp3) is 0.949. The lowest BCUT2D eigenvalue weighted by Gasteiger charge is -2.21. The van der Waals surface area contributed by atoms with Gasteiger partial charge in [0.15, 0.2) is 12.2 Å². The van der Waals surface area contributed by atoms with Gasteiger partial charge in [-0.05, 0) is 43.4 Å². The van der Waals surface area contributed by atoms with E-state index in [4.69, 9.17) is 37.0 Å². The van der Waals surface area contributed by atoms with Crippen LogP contribution in [-0.2, 0) is 65.4 Å². The Morgan fingerprint density at radius 1 is 0.276 bits per heavy atom. The molecule has 0 aromatic rings. The molecule has 5 atom stereocenters. The van der Waals surface area contributed by atoms with Crippen molar-refractivity contribution in [2.75, 3.05) is 39.6 Å². The van der Waals surface area contributed by atoms with Gasteiger partial charge in [-0.25, -0.2) is 9.13 Å². The average molecular weight is 1440 g/mol. The first-order chi connectivity index (χ1) is 47.2. The average Bonchev–Trinajstić information content (AvgIpc) is 1.14. The van der Waals surface area contributed by atoms with Gasteiger partial charge in [-0.3, -0.25) is 37.3 Å². The molecule has 0 saturated carbocycles. The van der Waals surface area contributed by atoms with Crippen LogP contribution in [0.4, 0.5) is 0 Å². The lowest BCUT2D eigenvalue weighted by Crippen LogP contribution is -2.30. The standard InChI is InChI=1S/C79H154O17P2/c1-8-9-10-11-12-29-39-46-53-60-76(81)89-66-74(95-79(84)63-56-49-42-35-28-22-21-25-32-38-45-52-59-72(6)7)68-93-97(85,86)91-64-73(80)65-92-98(87,88)94-69-75(67-90-77(82)61-54-47-40-33-26-20-16-18-24-31-37-44-51-58-71(4)5)96-78(83)62-55-48-41-34-27-19-15-13-14-17-23-30-36-43-50-57-70(2)3/h70-75,80H,8-69H2,1-7H3,(H,85,86)(H,87,88)/t73-,74+,75+/m0/s1. The lowest BCUT2D eigenvalue weighted by atomic mass is 10.0.